The van der Waals surface area contributed by atoms with Gasteiger partial charge in [0.15, 0.2) is 11.5 Å². The Morgan fingerprint density at radius 1 is 1.10 bits per heavy atom. The van der Waals surface area contributed by atoms with Gasteiger partial charge in [-0.15, -0.1) is 0 Å². The topological polar surface area (TPSA) is 54.3 Å². The summed E-state index contributed by atoms with van der Waals surface area (Å²) < 4.78 is 24.6. The summed E-state index contributed by atoms with van der Waals surface area (Å²) >= 11 is 0. The first-order chi connectivity index (χ1) is 10.3. The van der Waals surface area contributed by atoms with Crippen molar-refractivity contribution in [2.75, 3.05) is 18.5 Å². The molecule has 1 aliphatic rings. The molecule has 21 heavy (non-hydrogen) atoms. The van der Waals surface area contributed by atoms with Crippen LogP contribution < -0.4 is 14.8 Å². The third-order valence-corrected chi connectivity index (χ3v) is 3.20. The summed E-state index contributed by atoms with van der Waals surface area (Å²) in [4.78, 5) is 0. The number of hydrogen-bond acceptors (Lipinski definition) is 4. The fraction of sp³-hybridized carbons (Fsp3) is 0.188. The van der Waals surface area contributed by atoms with Crippen LogP contribution in [0.25, 0.3) is 0 Å². The maximum Gasteiger partial charge on any atom is 0.161 e. The zero-order valence-corrected chi connectivity index (χ0v) is 11.2. The minimum Gasteiger partial charge on any atom is -0.486 e. The lowest BCUT2D eigenvalue weighted by atomic mass is 10.1. The number of ether oxygens (including phenoxy) is 2. The van der Waals surface area contributed by atoms with Crippen LogP contribution in [0.1, 0.15) is 11.6 Å². The largest absolute Gasteiger partial charge is 0.486 e. The van der Waals surface area contributed by atoms with Crippen molar-refractivity contribution in [3.63, 3.8) is 0 Å². The second kappa shape index (κ2) is 5.71. The molecule has 0 amide bonds. The first-order valence-corrected chi connectivity index (χ1v) is 6.58. The molecular weight excluding hydrogens is 271 g/mol. The summed E-state index contributed by atoms with van der Waals surface area (Å²) in [5, 5.41) is 12.2. The molecule has 1 atom stereocenters. The summed E-state index contributed by atoms with van der Waals surface area (Å²) in [6, 6.07) is 13.0. The number of anilines is 1. The van der Waals surface area contributed by atoms with Gasteiger partial charge in [0, 0.05) is 0 Å². The van der Waals surface area contributed by atoms with Gasteiger partial charge in [-0.3, -0.25) is 0 Å². The molecule has 1 heterocycles. The van der Waals surface area contributed by atoms with Gasteiger partial charge in [-0.2, -0.15) is 5.26 Å². The molecule has 1 N–H and O–H groups in total. The summed E-state index contributed by atoms with van der Waals surface area (Å²) in [6.07, 6.45) is 0. The van der Waals surface area contributed by atoms with Gasteiger partial charge in [0.25, 0.3) is 0 Å². The number of hydrogen-bond donors (Lipinski definition) is 1. The van der Waals surface area contributed by atoms with E-state index in [0.717, 1.165) is 0 Å². The van der Waals surface area contributed by atoms with Gasteiger partial charge in [0.05, 0.1) is 11.8 Å². The minimum atomic E-state index is -0.669. The molecule has 0 fully saturated rings. The number of nitriles is 1. The number of nitrogens with one attached hydrogen (secondary N) is 1. The average Bonchev–Trinajstić information content (AvgIpc) is 2.54. The van der Waals surface area contributed by atoms with E-state index < -0.39 is 11.9 Å². The molecule has 0 saturated carbocycles. The lowest BCUT2D eigenvalue weighted by molar-refractivity contribution is 0.171. The Morgan fingerprint density at radius 2 is 1.86 bits per heavy atom. The lowest BCUT2D eigenvalue weighted by Gasteiger charge is -2.20. The molecule has 2 aromatic rings. The summed E-state index contributed by atoms with van der Waals surface area (Å²) in [5.41, 5.74) is 0.990. The molecule has 0 saturated heterocycles. The average molecular weight is 284 g/mol. The van der Waals surface area contributed by atoms with Gasteiger partial charge in [0.1, 0.15) is 25.1 Å². The Balaban J connectivity index is 1.87. The van der Waals surface area contributed by atoms with E-state index in [1.54, 1.807) is 36.4 Å². The molecular formula is C16H13FN2O2. The fourth-order valence-corrected chi connectivity index (χ4v) is 2.16. The zero-order chi connectivity index (χ0) is 14.7. The van der Waals surface area contributed by atoms with E-state index in [2.05, 4.69) is 11.4 Å². The zero-order valence-electron chi connectivity index (χ0n) is 11.2. The minimum absolute atomic E-state index is 0.291. The van der Waals surface area contributed by atoms with Crippen LogP contribution in [0, 0.1) is 17.1 Å². The first-order valence-electron chi connectivity index (χ1n) is 6.58. The Hall–Kier alpha value is -2.74. The second-order valence-corrected chi connectivity index (χ2v) is 4.59. The van der Waals surface area contributed by atoms with Crippen LogP contribution in [-0.2, 0) is 0 Å². The normalized spacial score (nSPS) is 14.1. The van der Waals surface area contributed by atoms with Crippen molar-refractivity contribution in [1.82, 2.24) is 0 Å². The highest BCUT2D eigenvalue weighted by Gasteiger charge is 2.17. The Morgan fingerprint density at radius 3 is 2.62 bits per heavy atom. The van der Waals surface area contributed by atoms with Gasteiger partial charge in [-0.05, 0) is 29.8 Å². The van der Waals surface area contributed by atoms with Crippen molar-refractivity contribution in [3.8, 4) is 17.6 Å². The maximum absolute atomic E-state index is 13.7. The molecule has 4 nitrogen and oxygen atoms in total. The Kier molecular flexibility index (Phi) is 3.61. The molecule has 5 heteroatoms. The molecule has 0 aliphatic carbocycles. The van der Waals surface area contributed by atoms with E-state index >= 15 is 0 Å². The van der Waals surface area contributed by atoms with Crippen LogP contribution in [0.3, 0.4) is 0 Å². The van der Waals surface area contributed by atoms with Gasteiger partial charge >= 0.3 is 0 Å². The number of para-hydroxylation sites is 1. The summed E-state index contributed by atoms with van der Waals surface area (Å²) in [6.45, 7) is 0.996. The third kappa shape index (κ3) is 2.75. The van der Waals surface area contributed by atoms with E-state index in [-0.39, 0.29) is 0 Å². The number of fused-ring (bicyclic) bond motifs is 1. The van der Waals surface area contributed by atoms with Crippen LogP contribution in [-0.4, -0.2) is 13.2 Å². The maximum atomic E-state index is 13.7. The van der Waals surface area contributed by atoms with E-state index in [4.69, 9.17) is 9.47 Å². The summed E-state index contributed by atoms with van der Waals surface area (Å²) in [5.74, 6) is 0.872. The van der Waals surface area contributed by atoms with Crippen LogP contribution in [0.2, 0.25) is 0 Å². The lowest BCUT2D eigenvalue weighted by Crippen LogP contribution is -2.16. The van der Waals surface area contributed by atoms with Crippen LogP contribution >= 0.6 is 0 Å². The van der Waals surface area contributed by atoms with Crippen molar-refractivity contribution >= 4 is 5.69 Å². The third-order valence-electron chi connectivity index (χ3n) is 3.20. The van der Waals surface area contributed by atoms with Gasteiger partial charge in [-0.1, -0.05) is 18.2 Å². The molecule has 2 aromatic carbocycles. The predicted molar refractivity (Wildman–Crippen MR) is 75.8 cm³/mol. The number of rotatable bonds is 3. The van der Waals surface area contributed by atoms with E-state index in [0.29, 0.717) is 36.0 Å². The predicted octanol–water partition coefficient (Wildman–Crippen LogP) is 3.27. The van der Waals surface area contributed by atoms with Crippen LogP contribution in [0.4, 0.5) is 10.1 Å². The number of nitrogens with zero attached hydrogens (tertiary/aromatic N) is 1. The van der Waals surface area contributed by atoms with E-state index in [9.17, 15) is 9.65 Å². The highest BCUT2D eigenvalue weighted by atomic mass is 19.1. The van der Waals surface area contributed by atoms with Gasteiger partial charge < -0.3 is 14.8 Å². The monoisotopic (exact) mass is 284 g/mol. The van der Waals surface area contributed by atoms with Crippen molar-refractivity contribution in [2.45, 2.75) is 6.04 Å². The molecule has 0 spiro atoms. The number of halogens is 1. The van der Waals surface area contributed by atoms with Crippen LogP contribution in [0.5, 0.6) is 11.5 Å². The molecule has 106 valence electrons. The highest BCUT2D eigenvalue weighted by Crippen LogP contribution is 2.33. The molecule has 0 radical (unpaired) electrons. The van der Waals surface area contributed by atoms with E-state index in [1.807, 2.05) is 0 Å². The Labute approximate surface area is 121 Å². The number of benzene rings is 2. The van der Waals surface area contributed by atoms with Crippen molar-refractivity contribution in [1.29, 1.82) is 5.26 Å². The summed E-state index contributed by atoms with van der Waals surface area (Å²) in [7, 11) is 0. The highest BCUT2D eigenvalue weighted by molar-refractivity contribution is 5.51. The quantitative estimate of drug-likeness (QED) is 0.939. The van der Waals surface area contributed by atoms with Crippen molar-refractivity contribution in [3.05, 3.63) is 53.8 Å². The molecule has 3 rings (SSSR count). The van der Waals surface area contributed by atoms with Crippen molar-refractivity contribution < 1.29 is 13.9 Å². The smallest absolute Gasteiger partial charge is 0.161 e. The molecule has 1 aliphatic heterocycles. The van der Waals surface area contributed by atoms with E-state index in [1.165, 1.54) is 6.07 Å². The van der Waals surface area contributed by atoms with Gasteiger partial charge in [0.2, 0.25) is 0 Å². The second-order valence-electron chi connectivity index (χ2n) is 4.59. The first kappa shape index (κ1) is 13.3. The fourth-order valence-electron chi connectivity index (χ4n) is 2.16. The molecule has 0 aromatic heterocycles. The SMILES string of the molecule is N#CC(Nc1ccccc1F)c1ccc2c(c1)OCCO2. The Bertz CT molecular complexity index is 697. The molecule has 0 bridgehead atoms. The van der Waals surface area contributed by atoms with Gasteiger partial charge in [-0.25, -0.2) is 4.39 Å². The standard InChI is InChI=1S/C16H13FN2O2/c17-12-3-1-2-4-13(12)19-14(10-18)11-5-6-15-16(9-11)21-8-7-20-15/h1-6,9,14,19H,7-8H2. The van der Waals surface area contributed by atoms with Crippen molar-refractivity contribution in [2.24, 2.45) is 0 Å². The molecule has 1 unspecified atom stereocenters. The van der Waals surface area contributed by atoms with Crippen LogP contribution in [0.15, 0.2) is 42.5 Å².